The van der Waals surface area contributed by atoms with E-state index >= 15 is 0 Å². The van der Waals surface area contributed by atoms with Gasteiger partial charge in [-0.2, -0.15) is 0 Å². The Morgan fingerprint density at radius 1 is 1.43 bits per heavy atom. The summed E-state index contributed by atoms with van der Waals surface area (Å²) in [5.41, 5.74) is 0.232. The van der Waals surface area contributed by atoms with Gasteiger partial charge in [-0.25, -0.2) is 13.1 Å². The van der Waals surface area contributed by atoms with Gasteiger partial charge < -0.3 is 5.32 Å². The van der Waals surface area contributed by atoms with Gasteiger partial charge >= 0.3 is 0 Å². The SMILES string of the molecule is CCNCc1cc(S(=O)(=O)NC2CCCC(C)(C)C2)cs1. The molecular formula is C15H26N2O2S2. The molecule has 0 bridgehead atoms. The third-order valence-electron chi connectivity index (χ3n) is 4.02. The minimum Gasteiger partial charge on any atom is -0.312 e. The van der Waals surface area contributed by atoms with E-state index in [1.165, 1.54) is 17.8 Å². The van der Waals surface area contributed by atoms with Crippen molar-refractivity contribution in [1.82, 2.24) is 10.0 Å². The number of nitrogens with one attached hydrogen (secondary N) is 2. The van der Waals surface area contributed by atoms with Crippen molar-refractivity contribution in [2.75, 3.05) is 6.54 Å². The summed E-state index contributed by atoms with van der Waals surface area (Å²) in [5.74, 6) is 0. The van der Waals surface area contributed by atoms with Gasteiger partial charge in [-0.05, 0) is 37.3 Å². The average molecular weight is 331 g/mol. The van der Waals surface area contributed by atoms with E-state index in [0.29, 0.717) is 4.90 Å². The van der Waals surface area contributed by atoms with E-state index in [0.717, 1.165) is 37.2 Å². The van der Waals surface area contributed by atoms with Crippen LogP contribution in [0.15, 0.2) is 16.3 Å². The van der Waals surface area contributed by atoms with Gasteiger partial charge in [0.2, 0.25) is 10.0 Å². The average Bonchev–Trinajstić information content (AvgIpc) is 2.84. The topological polar surface area (TPSA) is 58.2 Å². The Bertz CT molecular complexity index is 564. The predicted octanol–water partition coefficient (Wildman–Crippen LogP) is 3.10. The molecule has 2 rings (SSSR count). The van der Waals surface area contributed by atoms with E-state index in [-0.39, 0.29) is 11.5 Å². The van der Waals surface area contributed by atoms with Crippen LogP contribution in [0.4, 0.5) is 0 Å². The lowest BCUT2D eigenvalue weighted by atomic mass is 9.75. The zero-order valence-corrected chi connectivity index (χ0v) is 14.7. The molecule has 1 aliphatic rings. The van der Waals surface area contributed by atoms with Crippen molar-refractivity contribution >= 4 is 21.4 Å². The Morgan fingerprint density at radius 2 is 2.19 bits per heavy atom. The molecule has 0 aliphatic heterocycles. The summed E-state index contributed by atoms with van der Waals surface area (Å²) in [4.78, 5) is 1.46. The molecule has 1 unspecified atom stereocenters. The number of hydrogen-bond donors (Lipinski definition) is 2. The molecule has 1 fully saturated rings. The summed E-state index contributed by atoms with van der Waals surface area (Å²) in [6.45, 7) is 8.08. The highest BCUT2D eigenvalue weighted by Gasteiger charge is 2.31. The lowest BCUT2D eigenvalue weighted by Crippen LogP contribution is -2.40. The van der Waals surface area contributed by atoms with Crippen LogP contribution in [0, 0.1) is 5.41 Å². The van der Waals surface area contributed by atoms with Crippen molar-refractivity contribution in [1.29, 1.82) is 0 Å². The number of sulfonamides is 1. The third-order valence-corrected chi connectivity index (χ3v) is 6.60. The summed E-state index contributed by atoms with van der Waals surface area (Å²) in [5, 5.41) is 4.96. The third kappa shape index (κ3) is 4.77. The van der Waals surface area contributed by atoms with Gasteiger partial charge in [0.1, 0.15) is 0 Å². The largest absolute Gasteiger partial charge is 0.312 e. The van der Waals surface area contributed by atoms with E-state index in [9.17, 15) is 8.42 Å². The fourth-order valence-corrected chi connectivity index (χ4v) is 5.44. The fourth-order valence-electron chi connectivity index (χ4n) is 2.93. The molecule has 1 heterocycles. The monoisotopic (exact) mass is 330 g/mol. The summed E-state index contributed by atoms with van der Waals surface area (Å²) >= 11 is 1.50. The molecule has 2 N–H and O–H groups in total. The first-order valence-electron chi connectivity index (χ1n) is 7.63. The van der Waals surface area contributed by atoms with Crippen molar-refractivity contribution in [2.24, 2.45) is 5.41 Å². The van der Waals surface area contributed by atoms with Crippen molar-refractivity contribution < 1.29 is 8.42 Å². The zero-order chi connectivity index (χ0) is 15.5. The van der Waals surface area contributed by atoms with Crippen LogP contribution in [0.1, 0.15) is 51.3 Å². The highest BCUT2D eigenvalue weighted by Crippen LogP contribution is 2.35. The Kier molecular flexibility index (Phi) is 5.46. The van der Waals surface area contributed by atoms with Gasteiger partial charge in [0.25, 0.3) is 0 Å². The van der Waals surface area contributed by atoms with E-state index in [2.05, 4.69) is 23.9 Å². The molecule has 6 heteroatoms. The van der Waals surface area contributed by atoms with E-state index in [4.69, 9.17) is 0 Å². The van der Waals surface area contributed by atoms with Crippen molar-refractivity contribution in [3.8, 4) is 0 Å². The Labute approximate surface area is 132 Å². The molecular weight excluding hydrogens is 304 g/mol. The first kappa shape index (κ1) is 16.9. The second-order valence-corrected chi connectivity index (χ2v) is 9.32. The van der Waals surface area contributed by atoms with Crippen LogP contribution in [0.3, 0.4) is 0 Å². The second kappa shape index (κ2) is 6.77. The molecule has 120 valence electrons. The van der Waals surface area contributed by atoms with Crippen LogP contribution in [0.2, 0.25) is 0 Å². The van der Waals surface area contributed by atoms with Gasteiger partial charge in [0.05, 0.1) is 4.90 Å². The number of thiophene rings is 1. The van der Waals surface area contributed by atoms with E-state index in [1.807, 2.05) is 6.92 Å². The molecule has 21 heavy (non-hydrogen) atoms. The molecule has 1 atom stereocenters. The summed E-state index contributed by atoms with van der Waals surface area (Å²) in [6.07, 6.45) is 4.13. The van der Waals surface area contributed by atoms with Gasteiger partial charge in [-0.3, -0.25) is 0 Å². The first-order chi connectivity index (χ1) is 9.82. The minimum atomic E-state index is -3.38. The molecule has 0 spiro atoms. The maximum Gasteiger partial charge on any atom is 0.241 e. The highest BCUT2D eigenvalue weighted by atomic mass is 32.2. The zero-order valence-electron chi connectivity index (χ0n) is 13.1. The fraction of sp³-hybridized carbons (Fsp3) is 0.733. The number of hydrogen-bond acceptors (Lipinski definition) is 4. The molecule has 0 aromatic carbocycles. The molecule has 0 radical (unpaired) electrons. The van der Waals surface area contributed by atoms with Crippen LogP contribution in [0.5, 0.6) is 0 Å². The predicted molar refractivity (Wildman–Crippen MR) is 88.1 cm³/mol. The van der Waals surface area contributed by atoms with Crippen molar-refractivity contribution in [2.45, 2.75) is 63.9 Å². The van der Waals surface area contributed by atoms with Gasteiger partial charge in [-0.1, -0.05) is 27.2 Å². The maximum atomic E-state index is 12.5. The van der Waals surface area contributed by atoms with Crippen LogP contribution >= 0.6 is 11.3 Å². The highest BCUT2D eigenvalue weighted by molar-refractivity contribution is 7.89. The molecule has 1 aromatic heterocycles. The second-order valence-electron chi connectivity index (χ2n) is 6.61. The van der Waals surface area contributed by atoms with Gasteiger partial charge in [0.15, 0.2) is 0 Å². The number of rotatable bonds is 6. The van der Waals surface area contributed by atoms with E-state index in [1.54, 1.807) is 11.4 Å². The lowest BCUT2D eigenvalue weighted by Gasteiger charge is -2.35. The molecule has 1 aliphatic carbocycles. The van der Waals surface area contributed by atoms with Gasteiger partial charge in [0, 0.05) is 22.8 Å². The first-order valence-corrected chi connectivity index (χ1v) is 9.99. The van der Waals surface area contributed by atoms with E-state index < -0.39 is 10.0 Å². The van der Waals surface area contributed by atoms with Crippen LogP contribution < -0.4 is 10.0 Å². The minimum absolute atomic E-state index is 0.0656. The van der Waals surface area contributed by atoms with Gasteiger partial charge in [-0.15, -0.1) is 11.3 Å². The van der Waals surface area contributed by atoms with Crippen molar-refractivity contribution in [3.63, 3.8) is 0 Å². The standard InChI is InChI=1S/C15H26N2O2S2/c1-4-16-10-13-8-14(11-20-13)21(18,19)17-12-6-5-7-15(2,3)9-12/h8,11-12,16-17H,4-7,9-10H2,1-3H3. The molecule has 1 aromatic rings. The summed E-state index contributed by atoms with van der Waals surface area (Å²) in [6, 6.07) is 1.85. The molecule has 1 saturated carbocycles. The smallest absolute Gasteiger partial charge is 0.241 e. The Morgan fingerprint density at radius 3 is 2.86 bits per heavy atom. The molecule has 0 saturated heterocycles. The van der Waals surface area contributed by atoms with Crippen molar-refractivity contribution in [3.05, 3.63) is 16.3 Å². The Balaban J connectivity index is 2.02. The maximum absolute atomic E-state index is 12.5. The quantitative estimate of drug-likeness (QED) is 0.842. The summed E-state index contributed by atoms with van der Waals surface area (Å²) < 4.78 is 27.8. The van der Waals surface area contributed by atoms with Crippen LogP contribution in [0.25, 0.3) is 0 Å². The molecule has 4 nitrogen and oxygen atoms in total. The van der Waals surface area contributed by atoms with Crippen LogP contribution in [-0.2, 0) is 16.6 Å². The van der Waals surface area contributed by atoms with Crippen LogP contribution in [-0.4, -0.2) is 21.0 Å². The summed E-state index contributed by atoms with van der Waals surface area (Å²) in [7, 11) is -3.38. The normalized spacial score (nSPS) is 22.3. The lowest BCUT2D eigenvalue weighted by molar-refractivity contribution is 0.212. The molecule has 0 amide bonds. The Hall–Kier alpha value is -0.430.